The number of hydrogen-bond acceptors (Lipinski definition) is 8. The van der Waals surface area contributed by atoms with Crippen molar-refractivity contribution in [2.75, 3.05) is 35.7 Å². The lowest BCUT2D eigenvalue weighted by Crippen LogP contribution is -2.30. The molecule has 1 aliphatic heterocycles. The molecular weight excluding hydrogens is 542 g/mol. The van der Waals surface area contributed by atoms with Crippen molar-refractivity contribution in [2.24, 2.45) is 0 Å². The molecule has 212 valence electrons. The first kappa shape index (κ1) is 27.7. The topological polar surface area (TPSA) is 105 Å². The predicted molar refractivity (Wildman–Crippen MR) is 145 cm³/mol. The Labute approximate surface area is 232 Å². The Morgan fingerprint density at radius 2 is 1.80 bits per heavy atom. The number of alkyl halides is 3. The van der Waals surface area contributed by atoms with E-state index in [1.165, 1.54) is 24.7 Å². The molecule has 1 amide bonds. The SMILES string of the molecule is CNc1ncnc(-c2cccnc2Oc2cc(C(=O)Nc3cc(C(F)(F)F)ccc3N3CCCCC3)ccc2F)n1. The Kier molecular flexibility index (Phi) is 7.95. The second kappa shape index (κ2) is 11.7. The minimum atomic E-state index is -4.59. The van der Waals surface area contributed by atoms with Gasteiger partial charge in [0.25, 0.3) is 5.91 Å². The van der Waals surface area contributed by atoms with E-state index in [2.05, 4.69) is 30.6 Å². The minimum absolute atomic E-state index is 0.0145. The molecule has 0 unspecified atom stereocenters. The zero-order chi connectivity index (χ0) is 29.0. The van der Waals surface area contributed by atoms with Crippen molar-refractivity contribution in [1.29, 1.82) is 0 Å². The third kappa shape index (κ3) is 6.34. The molecule has 2 aromatic heterocycles. The van der Waals surface area contributed by atoms with Crippen LogP contribution in [0.5, 0.6) is 11.6 Å². The van der Waals surface area contributed by atoms with Crippen LogP contribution in [0.4, 0.5) is 34.9 Å². The number of carbonyl (C=O) groups is 1. The van der Waals surface area contributed by atoms with Gasteiger partial charge in [0, 0.05) is 31.9 Å². The number of hydrogen-bond donors (Lipinski definition) is 2. The molecule has 5 rings (SSSR count). The lowest BCUT2D eigenvalue weighted by atomic mass is 10.1. The van der Waals surface area contributed by atoms with E-state index in [-0.39, 0.29) is 28.7 Å². The van der Waals surface area contributed by atoms with Gasteiger partial charge in [-0.25, -0.2) is 19.3 Å². The molecule has 2 N–H and O–H groups in total. The van der Waals surface area contributed by atoms with Gasteiger partial charge in [0.05, 0.1) is 22.5 Å². The fourth-order valence-electron chi connectivity index (χ4n) is 4.43. The van der Waals surface area contributed by atoms with Crippen LogP contribution in [0.25, 0.3) is 11.4 Å². The Hall–Kier alpha value is -4.81. The van der Waals surface area contributed by atoms with E-state index in [1.54, 1.807) is 19.2 Å². The average molecular weight is 568 g/mol. The fourth-order valence-corrected chi connectivity index (χ4v) is 4.43. The van der Waals surface area contributed by atoms with Crippen LogP contribution in [-0.2, 0) is 6.18 Å². The highest BCUT2D eigenvalue weighted by Gasteiger charge is 2.32. The second-order valence-corrected chi connectivity index (χ2v) is 9.22. The monoisotopic (exact) mass is 567 g/mol. The summed E-state index contributed by atoms with van der Waals surface area (Å²) in [7, 11) is 1.64. The van der Waals surface area contributed by atoms with Gasteiger partial charge in [0.15, 0.2) is 17.4 Å². The van der Waals surface area contributed by atoms with E-state index in [1.807, 2.05) is 4.90 Å². The van der Waals surface area contributed by atoms with Crippen LogP contribution in [-0.4, -0.2) is 46.0 Å². The summed E-state index contributed by atoms with van der Waals surface area (Å²) in [5.74, 6) is -1.34. The number of amides is 1. The third-order valence-corrected chi connectivity index (χ3v) is 6.48. The van der Waals surface area contributed by atoms with Crippen molar-refractivity contribution in [3.05, 3.63) is 78.0 Å². The second-order valence-electron chi connectivity index (χ2n) is 9.22. The van der Waals surface area contributed by atoms with E-state index >= 15 is 0 Å². The Morgan fingerprint density at radius 1 is 1.00 bits per heavy atom. The number of carbonyl (C=O) groups excluding carboxylic acids is 1. The summed E-state index contributed by atoms with van der Waals surface area (Å²) in [4.78, 5) is 31.7. The molecule has 0 saturated carbocycles. The van der Waals surface area contributed by atoms with E-state index in [0.717, 1.165) is 43.5 Å². The van der Waals surface area contributed by atoms with Crippen LogP contribution >= 0.6 is 0 Å². The standard InChI is InChI=1S/C28H25F4N7O2/c1-33-27-36-16-35-24(38-27)19-6-5-11-34-26(19)41-23-14-17(7-9-20(23)29)25(40)37-21-15-18(28(30,31)32)8-10-22(21)39-12-3-2-4-13-39/h5-11,14-16H,2-4,12-13H2,1H3,(H,37,40)(H,33,35,36,38). The van der Waals surface area contributed by atoms with Gasteiger partial charge in [0.1, 0.15) is 6.33 Å². The molecule has 41 heavy (non-hydrogen) atoms. The van der Waals surface area contributed by atoms with Crippen molar-refractivity contribution < 1.29 is 27.1 Å². The summed E-state index contributed by atoms with van der Waals surface area (Å²) in [6.07, 6.45) is 0.946. The number of nitrogens with one attached hydrogen (secondary N) is 2. The number of nitrogens with zero attached hydrogens (tertiary/aromatic N) is 5. The van der Waals surface area contributed by atoms with Crippen LogP contribution < -0.4 is 20.3 Å². The number of aromatic nitrogens is 4. The van der Waals surface area contributed by atoms with E-state index in [4.69, 9.17) is 4.74 Å². The zero-order valence-corrected chi connectivity index (χ0v) is 21.9. The molecule has 2 aromatic carbocycles. The Balaban J connectivity index is 1.44. The number of halogens is 4. The fraction of sp³-hybridized carbons (Fsp3) is 0.250. The molecule has 0 atom stereocenters. The maximum Gasteiger partial charge on any atom is 0.416 e. The van der Waals surface area contributed by atoms with Gasteiger partial charge in [-0.2, -0.15) is 18.2 Å². The Bertz CT molecular complexity index is 1560. The molecule has 0 spiro atoms. The van der Waals surface area contributed by atoms with Crippen LogP contribution in [0, 0.1) is 5.82 Å². The number of ether oxygens (including phenoxy) is 1. The first-order chi connectivity index (χ1) is 19.7. The van der Waals surface area contributed by atoms with Gasteiger partial charge >= 0.3 is 6.18 Å². The predicted octanol–water partition coefficient (Wildman–Crippen LogP) is 6.17. The number of anilines is 3. The number of piperidine rings is 1. The highest BCUT2D eigenvalue weighted by Crippen LogP contribution is 2.37. The molecule has 9 nitrogen and oxygen atoms in total. The van der Waals surface area contributed by atoms with E-state index < -0.39 is 23.5 Å². The molecule has 1 saturated heterocycles. The molecule has 13 heteroatoms. The maximum absolute atomic E-state index is 14.8. The van der Waals surface area contributed by atoms with Gasteiger partial charge < -0.3 is 20.3 Å². The van der Waals surface area contributed by atoms with Crippen molar-refractivity contribution >= 4 is 23.2 Å². The quantitative estimate of drug-likeness (QED) is 0.256. The molecule has 1 aliphatic rings. The average Bonchev–Trinajstić information content (AvgIpc) is 2.98. The number of benzene rings is 2. The third-order valence-electron chi connectivity index (χ3n) is 6.48. The smallest absolute Gasteiger partial charge is 0.416 e. The first-order valence-corrected chi connectivity index (χ1v) is 12.8. The van der Waals surface area contributed by atoms with Gasteiger partial charge in [-0.05, 0) is 67.8 Å². The molecule has 3 heterocycles. The lowest BCUT2D eigenvalue weighted by Gasteiger charge is -2.31. The van der Waals surface area contributed by atoms with Crippen molar-refractivity contribution in [3.63, 3.8) is 0 Å². The van der Waals surface area contributed by atoms with Crippen LogP contribution in [0.15, 0.2) is 61.1 Å². The summed E-state index contributed by atoms with van der Waals surface area (Å²) < 4.78 is 61.1. The summed E-state index contributed by atoms with van der Waals surface area (Å²) in [6.45, 7) is 1.32. The molecule has 1 fully saturated rings. The largest absolute Gasteiger partial charge is 0.435 e. The van der Waals surface area contributed by atoms with E-state index in [9.17, 15) is 22.4 Å². The molecule has 4 aromatic rings. The van der Waals surface area contributed by atoms with E-state index in [0.29, 0.717) is 30.3 Å². The Morgan fingerprint density at radius 3 is 2.56 bits per heavy atom. The highest BCUT2D eigenvalue weighted by molar-refractivity contribution is 6.06. The molecule has 0 aliphatic carbocycles. The van der Waals surface area contributed by atoms with Crippen molar-refractivity contribution in [1.82, 2.24) is 19.9 Å². The van der Waals surface area contributed by atoms with Crippen LogP contribution in [0.2, 0.25) is 0 Å². The number of rotatable bonds is 7. The van der Waals surface area contributed by atoms with Gasteiger partial charge in [-0.15, -0.1) is 0 Å². The van der Waals surface area contributed by atoms with Gasteiger partial charge in [-0.3, -0.25) is 4.79 Å². The van der Waals surface area contributed by atoms with Crippen molar-refractivity contribution in [3.8, 4) is 23.0 Å². The van der Waals surface area contributed by atoms with Crippen LogP contribution in [0.1, 0.15) is 35.2 Å². The maximum atomic E-state index is 14.8. The highest BCUT2D eigenvalue weighted by atomic mass is 19.4. The molecular formula is C28H25F4N7O2. The van der Waals surface area contributed by atoms with Crippen LogP contribution in [0.3, 0.4) is 0 Å². The van der Waals surface area contributed by atoms with Gasteiger partial charge in [0.2, 0.25) is 11.8 Å². The number of pyridine rings is 1. The minimum Gasteiger partial charge on any atom is -0.435 e. The summed E-state index contributed by atoms with van der Waals surface area (Å²) in [5.41, 5.74) is -0.0739. The normalized spacial score (nSPS) is 13.5. The zero-order valence-electron chi connectivity index (χ0n) is 21.9. The summed E-state index contributed by atoms with van der Waals surface area (Å²) in [5, 5.41) is 5.39. The van der Waals surface area contributed by atoms with Gasteiger partial charge in [-0.1, -0.05) is 0 Å². The summed E-state index contributed by atoms with van der Waals surface area (Å²) >= 11 is 0. The van der Waals surface area contributed by atoms with Crippen molar-refractivity contribution in [2.45, 2.75) is 25.4 Å². The summed E-state index contributed by atoms with van der Waals surface area (Å²) in [6, 6.07) is 9.94. The first-order valence-electron chi connectivity index (χ1n) is 12.8. The molecule has 0 bridgehead atoms. The molecule has 0 radical (unpaired) electrons. The lowest BCUT2D eigenvalue weighted by molar-refractivity contribution is -0.137.